The third kappa shape index (κ3) is 4.59. The average Bonchev–Trinajstić information content (AvgIpc) is 3.13. The van der Waals surface area contributed by atoms with Gasteiger partial charge in [-0.25, -0.2) is 9.98 Å². The van der Waals surface area contributed by atoms with E-state index in [1.165, 1.54) is 11.1 Å². The second kappa shape index (κ2) is 7.68. The molecule has 1 aromatic carbocycles. The van der Waals surface area contributed by atoms with Crippen molar-refractivity contribution in [2.45, 2.75) is 32.0 Å². The van der Waals surface area contributed by atoms with Gasteiger partial charge in [-0.15, -0.1) is 35.3 Å². The van der Waals surface area contributed by atoms with Crippen molar-refractivity contribution in [1.82, 2.24) is 4.98 Å². The minimum absolute atomic E-state index is 0. The molecule has 0 unspecified atom stereocenters. The maximum Gasteiger partial charge on any atom is 0.434 e. The van der Waals surface area contributed by atoms with Crippen LogP contribution in [0.3, 0.4) is 0 Å². The van der Waals surface area contributed by atoms with Crippen LogP contribution in [0.4, 0.5) is 18.9 Å². The first-order chi connectivity index (χ1) is 10.9. The van der Waals surface area contributed by atoms with E-state index in [9.17, 15) is 13.2 Å². The molecule has 1 aliphatic carbocycles. The minimum Gasteiger partial charge on any atom is -0.370 e. The number of thiazole rings is 1. The van der Waals surface area contributed by atoms with Crippen LogP contribution >= 0.6 is 35.3 Å². The molecule has 0 radical (unpaired) electrons. The van der Waals surface area contributed by atoms with Crippen molar-refractivity contribution in [2.24, 2.45) is 10.7 Å². The van der Waals surface area contributed by atoms with Crippen molar-refractivity contribution in [2.75, 3.05) is 5.32 Å². The van der Waals surface area contributed by atoms with Gasteiger partial charge in [0.25, 0.3) is 0 Å². The number of alkyl halides is 3. The Morgan fingerprint density at radius 1 is 1.29 bits per heavy atom. The van der Waals surface area contributed by atoms with Crippen LogP contribution in [0.25, 0.3) is 0 Å². The second-order valence-corrected chi connectivity index (χ2v) is 6.23. The summed E-state index contributed by atoms with van der Waals surface area (Å²) in [5.74, 6) is 0.159. The zero-order chi connectivity index (χ0) is 16.4. The van der Waals surface area contributed by atoms with Crippen LogP contribution in [0, 0.1) is 0 Å². The van der Waals surface area contributed by atoms with Crippen molar-refractivity contribution in [1.29, 1.82) is 0 Å². The van der Waals surface area contributed by atoms with Crippen LogP contribution in [-0.2, 0) is 25.6 Å². The Balaban J connectivity index is 0.00000208. The molecule has 130 valence electrons. The molecule has 3 rings (SSSR count). The standard InChI is InChI=1S/C15H15F3N4S.HI/c16-15(17,18)12-8-23-13(22-12)7-20-14(19)21-11-5-4-9-2-1-3-10(9)6-11;/h4-6,8H,1-3,7H2,(H3,19,20,21);1H. The highest BCUT2D eigenvalue weighted by molar-refractivity contribution is 14.0. The summed E-state index contributed by atoms with van der Waals surface area (Å²) < 4.78 is 37.4. The maximum atomic E-state index is 12.5. The number of guanidine groups is 1. The summed E-state index contributed by atoms with van der Waals surface area (Å²) in [5, 5.41) is 4.22. The Morgan fingerprint density at radius 3 is 2.75 bits per heavy atom. The number of nitrogens with two attached hydrogens (primary N) is 1. The molecule has 24 heavy (non-hydrogen) atoms. The van der Waals surface area contributed by atoms with E-state index in [1.807, 2.05) is 12.1 Å². The molecule has 0 atom stereocenters. The number of nitrogens with zero attached hydrogens (tertiary/aromatic N) is 2. The number of aromatic nitrogens is 1. The van der Waals surface area contributed by atoms with Crippen molar-refractivity contribution >= 4 is 47.0 Å². The smallest absolute Gasteiger partial charge is 0.370 e. The Hall–Kier alpha value is -1.36. The topological polar surface area (TPSA) is 63.3 Å². The fourth-order valence-electron chi connectivity index (χ4n) is 2.50. The Bertz CT molecular complexity index is 743. The molecule has 0 fully saturated rings. The monoisotopic (exact) mass is 468 g/mol. The van der Waals surface area contributed by atoms with E-state index in [2.05, 4.69) is 21.4 Å². The predicted molar refractivity (Wildman–Crippen MR) is 99.9 cm³/mol. The van der Waals surface area contributed by atoms with Crippen molar-refractivity contribution in [3.8, 4) is 0 Å². The fraction of sp³-hybridized carbons (Fsp3) is 0.333. The lowest BCUT2D eigenvalue weighted by Crippen LogP contribution is -2.22. The average molecular weight is 468 g/mol. The lowest BCUT2D eigenvalue weighted by molar-refractivity contribution is -0.140. The molecule has 0 aliphatic heterocycles. The van der Waals surface area contributed by atoms with Gasteiger partial charge in [0.2, 0.25) is 0 Å². The number of aryl methyl sites for hydroxylation is 2. The number of aliphatic imine (C=N–C) groups is 1. The first-order valence-electron chi connectivity index (χ1n) is 7.12. The molecule has 0 spiro atoms. The largest absolute Gasteiger partial charge is 0.434 e. The van der Waals surface area contributed by atoms with Crippen LogP contribution in [-0.4, -0.2) is 10.9 Å². The van der Waals surface area contributed by atoms with Gasteiger partial charge in [0.1, 0.15) is 5.01 Å². The van der Waals surface area contributed by atoms with Crippen LogP contribution < -0.4 is 11.1 Å². The van der Waals surface area contributed by atoms with Gasteiger partial charge in [0, 0.05) is 11.1 Å². The summed E-state index contributed by atoms with van der Waals surface area (Å²) >= 11 is 0.919. The van der Waals surface area contributed by atoms with Crippen molar-refractivity contribution in [3.05, 3.63) is 45.4 Å². The molecular weight excluding hydrogens is 452 g/mol. The fourth-order valence-corrected chi connectivity index (χ4v) is 3.23. The molecule has 0 saturated carbocycles. The number of rotatable bonds is 3. The third-order valence-corrected chi connectivity index (χ3v) is 4.43. The molecule has 0 bridgehead atoms. The van der Waals surface area contributed by atoms with Crippen molar-refractivity contribution < 1.29 is 13.2 Å². The molecule has 0 saturated heterocycles. The molecule has 2 aromatic rings. The first-order valence-corrected chi connectivity index (χ1v) is 8.00. The first kappa shape index (κ1) is 19.0. The lowest BCUT2D eigenvalue weighted by Gasteiger charge is -2.07. The number of hydrogen-bond acceptors (Lipinski definition) is 3. The van der Waals surface area contributed by atoms with Crippen LogP contribution in [0.2, 0.25) is 0 Å². The zero-order valence-electron chi connectivity index (χ0n) is 12.6. The minimum atomic E-state index is -4.42. The zero-order valence-corrected chi connectivity index (χ0v) is 15.7. The number of anilines is 1. The Morgan fingerprint density at radius 2 is 2.04 bits per heavy atom. The van der Waals surface area contributed by atoms with Crippen LogP contribution in [0.15, 0.2) is 28.6 Å². The molecule has 3 N–H and O–H groups in total. The van der Waals surface area contributed by atoms with E-state index in [-0.39, 0.29) is 41.5 Å². The Kier molecular flexibility index (Phi) is 6.07. The van der Waals surface area contributed by atoms with E-state index in [1.54, 1.807) is 0 Å². The van der Waals surface area contributed by atoms with Gasteiger partial charge in [-0.05, 0) is 42.5 Å². The number of hydrogen-bond donors (Lipinski definition) is 2. The van der Waals surface area contributed by atoms with Crippen molar-refractivity contribution in [3.63, 3.8) is 0 Å². The summed E-state index contributed by atoms with van der Waals surface area (Å²) in [5.41, 5.74) is 8.39. The van der Waals surface area contributed by atoms with Gasteiger partial charge in [-0.3, -0.25) is 0 Å². The summed E-state index contributed by atoms with van der Waals surface area (Å²) in [6.07, 6.45) is -1.10. The Labute approximate surface area is 158 Å². The number of nitrogens with one attached hydrogen (secondary N) is 1. The van der Waals surface area contributed by atoms with Gasteiger partial charge < -0.3 is 11.1 Å². The van der Waals surface area contributed by atoms with E-state index in [4.69, 9.17) is 5.73 Å². The number of fused-ring (bicyclic) bond motifs is 1. The lowest BCUT2D eigenvalue weighted by atomic mass is 10.1. The summed E-state index contributed by atoms with van der Waals surface area (Å²) in [6, 6.07) is 6.03. The third-order valence-electron chi connectivity index (χ3n) is 3.60. The molecule has 1 heterocycles. The normalized spacial score (nSPS) is 14.2. The molecule has 1 aliphatic rings. The maximum absolute atomic E-state index is 12.5. The molecule has 0 amide bonds. The number of benzene rings is 1. The summed E-state index contributed by atoms with van der Waals surface area (Å²) in [7, 11) is 0. The van der Waals surface area contributed by atoms with Gasteiger partial charge in [-0.2, -0.15) is 13.2 Å². The van der Waals surface area contributed by atoms with E-state index >= 15 is 0 Å². The van der Waals surface area contributed by atoms with Gasteiger partial charge in [0.05, 0.1) is 6.54 Å². The van der Waals surface area contributed by atoms with E-state index < -0.39 is 11.9 Å². The highest BCUT2D eigenvalue weighted by Gasteiger charge is 2.33. The SMILES string of the molecule is I.NC(=NCc1nc(C(F)(F)F)cs1)Nc1ccc2c(c1)CCC2. The van der Waals surface area contributed by atoms with Gasteiger partial charge in [-0.1, -0.05) is 6.07 Å². The molecule has 1 aromatic heterocycles. The highest BCUT2D eigenvalue weighted by Crippen LogP contribution is 2.30. The second-order valence-electron chi connectivity index (χ2n) is 5.29. The van der Waals surface area contributed by atoms with E-state index in [0.29, 0.717) is 0 Å². The quantitative estimate of drug-likeness (QED) is 0.404. The molecule has 4 nitrogen and oxygen atoms in total. The van der Waals surface area contributed by atoms with Crippen LogP contribution in [0.1, 0.15) is 28.2 Å². The predicted octanol–water partition coefficient (Wildman–Crippen LogP) is 4.20. The highest BCUT2D eigenvalue weighted by atomic mass is 127. The molecule has 9 heteroatoms. The summed E-state index contributed by atoms with van der Waals surface area (Å²) in [6.45, 7) is 0.0184. The summed E-state index contributed by atoms with van der Waals surface area (Å²) in [4.78, 5) is 7.55. The van der Waals surface area contributed by atoms with Gasteiger partial charge >= 0.3 is 6.18 Å². The van der Waals surface area contributed by atoms with E-state index in [0.717, 1.165) is 41.7 Å². The van der Waals surface area contributed by atoms with Crippen LogP contribution in [0.5, 0.6) is 0 Å². The number of halogens is 4. The molecular formula is C15H16F3IN4S. The van der Waals surface area contributed by atoms with Gasteiger partial charge in [0.15, 0.2) is 11.7 Å².